The molecule has 0 aliphatic carbocycles. The number of aromatic carboxylic acids is 1. The zero-order valence-electron chi connectivity index (χ0n) is 11.7. The van der Waals surface area contributed by atoms with Gasteiger partial charge in [-0.1, -0.05) is 12.1 Å². The molecule has 2 aromatic rings. The van der Waals surface area contributed by atoms with E-state index in [0.29, 0.717) is 10.0 Å². The van der Waals surface area contributed by atoms with Crippen LogP contribution >= 0.6 is 15.9 Å². The molecule has 0 bridgehead atoms. The number of anilines is 1. The van der Waals surface area contributed by atoms with E-state index in [9.17, 15) is 9.18 Å². The van der Waals surface area contributed by atoms with E-state index in [1.807, 2.05) is 13.0 Å². The van der Waals surface area contributed by atoms with Crippen molar-refractivity contribution in [1.82, 2.24) is 0 Å². The molecular formula is C16H15BrFNO2. The van der Waals surface area contributed by atoms with E-state index < -0.39 is 5.97 Å². The van der Waals surface area contributed by atoms with Crippen LogP contribution < -0.4 is 5.32 Å². The third kappa shape index (κ3) is 3.61. The van der Waals surface area contributed by atoms with Crippen LogP contribution in [-0.4, -0.2) is 11.1 Å². The van der Waals surface area contributed by atoms with Gasteiger partial charge in [-0.2, -0.15) is 0 Å². The second-order valence-corrected chi connectivity index (χ2v) is 5.73. The number of hydrogen-bond acceptors (Lipinski definition) is 2. The molecule has 3 nitrogen and oxygen atoms in total. The van der Waals surface area contributed by atoms with Crippen LogP contribution in [0.1, 0.15) is 34.5 Å². The Morgan fingerprint density at radius 3 is 2.57 bits per heavy atom. The van der Waals surface area contributed by atoms with Crippen LogP contribution in [0.3, 0.4) is 0 Å². The van der Waals surface area contributed by atoms with Gasteiger partial charge in [0.05, 0.1) is 5.56 Å². The molecular weight excluding hydrogens is 337 g/mol. The third-order valence-corrected chi connectivity index (χ3v) is 3.94. The van der Waals surface area contributed by atoms with Gasteiger partial charge < -0.3 is 10.4 Å². The van der Waals surface area contributed by atoms with E-state index in [1.165, 1.54) is 18.2 Å². The topological polar surface area (TPSA) is 49.3 Å². The molecule has 1 unspecified atom stereocenters. The number of carboxylic acid groups (broad SMARTS) is 1. The van der Waals surface area contributed by atoms with Crippen LogP contribution in [0.25, 0.3) is 0 Å². The molecule has 2 aromatic carbocycles. The summed E-state index contributed by atoms with van der Waals surface area (Å²) in [6.07, 6.45) is 0. The highest BCUT2D eigenvalue weighted by Gasteiger charge is 2.11. The molecule has 0 saturated carbocycles. The number of rotatable bonds is 4. The van der Waals surface area contributed by atoms with E-state index >= 15 is 0 Å². The summed E-state index contributed by atoms with van der Waals surface area (Å²) in [5, 5.41) is 12.2. The quantitative estimate of drug-likeness (QED) is 0.834. The van der Waals surface area contributed by atoms with Gasteiger partial charge in [0.1, 0.15) is 5.82 Å². The highest BCUT2D eigenvalue weighted by molar-refractivity contribution is 9.10. The summed E-state index contributed by atoms with van der Waals surface area (Å²) in [5.41, 5.74) is 2.40. The Labute approximate surface area is 130 Å². The highest BCUT2D eigenvalue weighted by atomic mass is 79.9. The van der Waals surface area contributed by atoms with Crippen LogP contribution in [-0.2, 0) is 0 Å². The number of carboxylic acids is 1. The van der Waals surface area contributed by atoms with Gasteiger partial charge in [-0.05, 0) is 65.2 Å². The molecule has 0 aromatic heterocycles. The van der Waals surface area contributed by atoms with Crippen molar-refractivity contribution in [2.75, 3.05) is 5.32 Å². The third-order valence-electron chi connectivity index (χ3n) is 3.28. The van der Waals surface area contributed by atoms with Crippen molar-refractivity contribution in [3.05, 3.63) is 63.4 Å². The number of hydrogen-bond donors (Lipinski definition) is 2. The molecule has 2 N–H and O–H groups in total. The predicted octanol–water partition coefficient (Wildman–Crippen LogP) is 4.77. The zero-order valence-corrected chi connectivity index (χ0v) is 13.2. The average Bonchev–Trinajstić information content (AvgIpc) is 2.43. The molecule has 5 heteroatoms. The van der Waals surface area contributed by atoms with Crippen molar-refractivity contribution in [1.29, 1.82) is 0 Å². The number of carbonyl (C=O) groups is 1. The summed E-state index contributed by atoms with van der Waals surface area (Å²) in [5.74, 6) is -1.21. The maximum absolute atomic E-state index is 13.6. The molecule has 0 saturated heterocycles. The highest BCUT2D eigenvalue weighted by Crippen LogP contribution is 2.28. The molecule has 1 atom stereocenters. The van der Waals surface area contributed by atoms with Gasteiger partial charge in [0, 0.05) is 16.2 Å². The van der Waals surface area contributed by atoms with Crippen molar-refractivity contribution >= 4 is 27.6 Å². The van der Waals surface area contributed by atoms with Gasteiger partial charge in [0.2, 0.25) is 0 Å². The first-order valence-corrected chi connectivity index (χ1v) is 7.23. The fourth-order valence-electron chi connectivity index (χ4n) is 1.96. The molecule has 0 aliphatic rings. The van der Waals surface area contributed by atoms with Crippen LogP contribution in [0.4, 0.5) is 10.1 Å². The first-order valence-electron chi connectivity index (χ1n) is 6.44. The number of aryl methyl sites for hydroxylation is 1. The predicted molar refractivity (Wildman–Crippen MR) is 84.3 cm³/mol. The summed E-state index contributed by atoms with van der Waals surface area (Å²) in [6, 6.07) is 9.76. The monoisotopic (exact) mass is 351 g/mol. The number of benzene rings is 2. The average molecular weight is 352 g/mol. The van der Waals surface area contributed by atoms with Crippen molar-refractivity contribution in [2.45, 2.75) is 19.9 Å². The molecule has 0 spiro atoms. The lowest BCUT2D eigenvalue weighted by Crippen LogP contribution is -2.08. The Hall–Kier alpha value is -1.88. The molecule has 0 fully saturated rings. The van der Waals surface area contributed by atoms with Crippen LogP contribution in [0.2, 0.25) is 0 Å². The standard InChI is InChI=1S/C16H15BrFNO2/c1-9-3-4-11(8-14(9)18)10(2)19-15-6-5-12(16(20)21)7-13(15)17/h3-8,10,19H,1-2H3,(H,20,21). The van der Waals surface area contributed by atoms with Crippen molar-refractivity contribution in [2.24, 2.45) is 0 Å². The first kappa shape index (κ1) is 15.5. The van der Waals surface area contributed by atoms with E-state index in [4.69, 9.17) is 5.11 Å². The fraction of sp³-hybridized carbons (Fsp3) is 0.188. The van der Waals surface area contributed by atoms with Crippen LogP contribution in [0.15, 0.2) is 40.9 Å². The number of nitrogens with one attached hydrogen (secondary N) is 1. The Balaban J connectivity index is 2.21. The van der Waals surface area contributed by atoms with Gasteiger partial charge in [0.15, 0.2) is 0 Å². The van der Waals surface area contributed by atoms with Crippen molar-refractivity contribution in [3.8, 4) is 0 Å². The minimum absolute atomic E-state index is 0.105. The lowest BCUT2D eigenvalue weighted by Gasteiger charge is -2.17. The summed E-state index contributed by atoms with van der Waals surface area (Å²) < 4.78 is 14.3. The van der Waals surface area contributed by atoms with Gasteiger partial charge >= 0.3 is 5.97 Å². The maximum atomic E-state index is 13.6. The van der Waals surface area contributed by atoms with Crippen molar-refractivity contribution in [3.63, 3.8) is 0 Å². The molecule has 0 heterocycles. The molecule has 2 rings (SSSR count). The van der Waals surface area contributed by atoms with Gasteiger partial charge in [-0.15, -0.1) is 0 Å². The van der Waals surface area contributed by atoms with E-state index in [-0.39, 0.29) is 17.4 Å². The Kier molecular flexibility index (Phi) is 4.63. The maximum Gasteiger partial charge on any atom is 0.335 e. The molecule has 21 heavy (non-hydrogen) atoms. The Morgan fingerprint density at radius 2 is 2.00 bits per heavy atom. The minimum Gasteiger partial charge on any atom is -0.478 e. The molecule has 0 amide bonds. The van der Waals surface area contributed by atoms with E-state index in [1.54, 1.807) is 19.1 Å². The molecule has 0 radical (unpaired) electrons. The van der Waals surface area contributed by atoms with Gasteiger partial charge in [0.25, 0.3) is 0 Å². The smallest absolute Gasteiger partial charge is 0.335 e. The SMILES string of the molecule is Cc1ccc(C(C)Nc2ccc(C(=O)O)cc2Br)cc1F. The second-order valence-electron chi connectivity index (χ2n) is 4.87. The lowest BCUT2D eigenvalue weighted by atomic mass is 10.1. The van der Waals surface area contributed by atoms with E-state index in [0.717, 1.165) is 11.3 Å². The Morgan fingerprint density at radius 1 is 1.29 bits per heavy atom. The number of halogens is 2. The van der Waals surface area contributed by atoms with Crippen LogP contribution in [0.5, 0.6) is 0 Å². The lowest BCUT2D eigenvalue weighted by molar-refractivity contribution is 0.0697. The van der Waals surface area contributed by atoms with Crippen LogP contribution in [0, 0.1) is 12.7 Å². The first-order chi connectivity index (χ1) is 9.88. The summed E-state index contributed by atoms with van der Waals surface area (Å²) >= 11 is 3.34. The summed E-state index contributed by atoms with van der Waals surface area (Å²) in [4.78, 5) is 10.9. The fourth-order valence-corrected chi connectivity index (χ4v) is 2.45. The largest absolute Gasteiger partial charge is 0.478 e. The summed E-state index contributed by atoms with van der Waals surface area (Å²) in [7, 11) is 0. The molecule has 0 aliphatic heterocycles. The zero-order chi connectivity index (χ0) is 15.6. The van der Waals surface area contributed by atoms with Gasteiger partial charge in [-0.3, -0.25) is 0 Å². The van der Waals surface area contributed by atoms with E-state index in [2.05, 4.69) is 21.2 Å². The second kappa shape index (κ2) is 6.26. The Bertz CT molecular complexity index is 688. The van der Waals surface area contributed by atoms with Gasteiger partial charge in [-0.25, -0.2) is 9.18 Å². The summed E-state index contributed by atoms with van der Waals surface area (Å²) in [6.45, 7) is 3.64. The minimum atomic E-state index is -0.976. The van der Waals surface area contributed by atoms with Crippen molar-refractivity contribution < 1.29 is 14.3 Å². The molecule has 110 valence electrons. The normalized spacial score (nSPS) is 12.0.